The minimum atomic E-state index is 0.237. The molecule has 0 aliphatic heterocycles. The SMILES string of the molecule is Nc1ncc(Br)c(Nc2cccc(Br)c2)n1. The van der Waals surface area contributed by atoms with Gasteiger partial charge in [0.05, 0.1) is 4.47 Å². The van der Waals surface area contributed by atoms with Crippen LogP contribution in [-0.2, 0) is 0 Å². The molecule has 0 aliphatic rings. The van der Waals surface area contributed by atoms with Crippen LogP contribution in [0.5, 0.6) is 0 Å². The average molecular weight is 344 g/mol. The molecule has 0 spiro atoms. The Hall–Kier alpha value is -1.14. The Morgan fingerprint density at radius 1 is 1.25 bits per heavy atom. The number of rotatable bonds is 2. The molecule has 0 radical (unpaired) electrons. The van der Waals surface area contributed by atoms with Crippen molar-refractivity contribution in [1.82, 2.24) is 9.97 Å². The number of nitrogens with one attached hydrogen (secondary N) is 1. The maximum Gasteiger partial charge on any atom is 0.222 e. The van der Waals surface area contributed by atoms with Crippen LogP contribution in [0, 0.1) is 0 Å². The van der Waals surface area contributed by atoms with Crippen molar-refractivity contribution in [3.05, 3.63) is 39.4 Å². The first kappa shape index (κ1) is 11.3. The van der Waals surface area contributed by atoms with E-state index in [-0.39, 0.29) is 5.95 Å². The third-order valence-electron chi connectivity index (χ3n) is 1.85. The first-order chi connectivity index (χ1) is 7.65. The van der Waals surface area contributed by atoms with Crippen LogP contribution in [-0.4, -0.2) is 9.97 Å². The lowest BCUT2D eigenvalue weighted by atomic mass is 10.3. The summed E-state index contributed by atoms with van der Waals surface area (Å²) in [4.78, 5) is 7.96. The monoisotopic (exact) mass is 342 g/mol. The summed E-state index contributed by atoms with van der Waals surface area (Å²) in [5.74, 6) is 0.881. The minimum absolute atomic E-state index is 0.237. The van der Waals surface area contributed by atoms with E-state index in [2.05, 4.69) is 47.1 Å². The molecule has 0 amide bonds. The van der Waals surface area contributed by atoms with E-state index in [0.29, 0.717) is 5.82 Å². The van der Waals surface area contributed by atoms with Crippen LogP contribution in [0.1, 0.15) is 0 Å². The fraction of sp³-hybridized carbons (Fsp3) is 0. The molecule has 0 atom stereocenters. The van der Waals surface area contributed by atoms with Gasteiger partial charge in [0, 0.05) is 16.4 Å². The highest BCUT2D eigenvalue weighted by atomic mass is 79.9. The fourth-order valence-electron chi connectivity index (χ4n) is 1.17. The van der Waals surface area contributed by atoms with Crippen molar-refractivity contribution in [3.63, 3.8) is 0 Å². The van der Waals surface area contributed by atoms with Crippen LogP contribution in [0.4, 0.5) is 17.5 Å². The number of hydrogen-bond donors (Lipinski definition) is 2. The summed E-state index contributed by atoms with van der Waals surface area (Å²) in [6.07, 6.45) is 1.61. The number of hydrogen-bond acceptors (Lipinski definition) is 4. The Labute approximate surface area is 110 Å². The van der Waals surface area contributed by atoms with Crippen LogP contribution in [0.25, 0.3) is 0 Å². The minimum Gasteiger partial charge on any atom is -0.368 e. The third kappa shape index (κ3) is 2.70. The number of anilines is 3. The summed E-state index contributed by atoms with van der Waals surface area (Å²) in [6.45, 7) is 0. The second-order valence-corrected chi connectivity index (χ2v) is 4.83. The molecule has 0 unspecified atom stereocenters. The molecule has 0 saturated carbocycles. The van der Waals surface area contributed by atoms with Gasteiger partial charge in [-0.3, -0.25) is 0 Å². The molecule has 4 nitrogen and oxygen atoms in total. The van der Waals surface area contributed by atoms with Crippen LogP contribution in [0.15, 0.2) is 39.4 Å². The first-order valence-electron chi connectivity index (χ1n) is 4.46. The van der Waals surface area contributed by atoms with Gasteiger partial charge >= 0.3 is 0 Å². The predicted octanol–water partition coefficient (Wildman–Crippen LogP) is 3.33. The molecular weight excluding hydrogens is 336 g/mol. The van der Waals surface area contributed by atoms with Gasteiger partial charge in [-0.25, -0.2) is 4.98 Å². The predicted molar refractivity (Wildman–Crippen MR) is 71.6 cm³/mol. The van der Waals surface area contributed by atoms with E-state index in [0.717, 1.165) is 14.6 Å². The molecule has 2 rings (SSSR count). The van der Waals surface area contributed by atoms with Crippen molar-refractivity contribution in [3.8, 4) is 0 Å². The van der Waals surface area contributed by atoms with Crippen molar-refractivity contribution in [1.29, 1.82) is 0 Å². The molecular formula is C10H8Br2N4. The fourth-order valence-corrected chi connectivity index (χ4v) is 1.86. The van der Waals surface area contributed by atoms with Crippen molar-refractivity contribution in [2.75, 3.05) is 11.1 Å². The van der Waals surface area contributed by atoms with E-state index in [4.69, 9.17) is 5.73 Å². The Kier molecular flexibility index (Phi) is 3.40. The van der Waals surface area contributed by atoms with Gasteiger partial charge in [-0.1, -0.05) is 22.0 Å². The zero-order valence-electron chi connectivity index (χ0n) is 8.11. The molecule has 0 aliphatic carbocycles. The van der Waals surface area contributed by atoms with E-state index >= 15 is 0 Å². The molecule has 6 heteroatoms. The summed E-state index contributed by atoms with van der Waals surface area (Å²) < 4.78 is 1.76. The molecule has 1 aromatic heterocycles. The summed E-state index contributed by atoms with van der Waals surface area (Å²) >= 11 is 6.75. The largest absolute Gasteiger partial charge is 0.368 e. The average Bonchev–Trinajstić information content (AvgIpc) is 2.24. The second kappa shape index (κ2) is 4.80. The first-order valence-corrected chi connectivity index (χ1v) is 6.04. The van der Waals surface area contributed by atoms with E-state index in [9.17, 15) is 0 Å². The third-order valence-corrected chi connectivity index (χ3v) is 2.92. The smallest absolute Gasteiger partial charge is 0.222 e. The lowest BCUT2D eigenvalue weighted by Gasteiger charge is -2.07. The van der Waals surface area contributed by atoms with Gasteiger partial charge in [-0.15, -0.1) is 0 Å². The molecule has 0 fully saturated rings. The number of benzene rings is 1. The molecule has 82 valence electrons. The maximum atomic E-state index is 5.52. The number of aromatic nitrogens is 2. The zero-order valence-corrected chi connectivity index (χ0v) is 11.3. The Morgan fingerprint density at radius 3 is 2.81 bits per heavy atom. The highest BCUT2D eigenvalue weighted by Gasteiger charge is 2.03. The second-order valence-electron chi connectivity index (χ2n) is 3.06. The van der Waals surface area contributed by atoms with Gasteiger partial charge in [0.25, 0.3) is 0 Å². The van der Waals surface area contributed by atoms with E-state index in [1.165, 1.54) is 0 Å². The van der Waals surface area contributed by atoms with Gasteiger partial charge in [0.1, 0.15) is 5.82 Å². The lowest BCUT2D eigenvalue weighted by molar-refractivity contribution is 1.17. The summed E-state index contributed by atoms with van der Waals surface area (Å²) in [5.41, 5.74) is 6.44. The van der Waals surface area contributed by atoms with E-state index in [1.807, 2.05) is 24.3 Å². The summed E-state index contributed by atoms with van der Waals surface area (Å²) in [7, 11) is 0. The van der Waals surface area contributed by atoms with Gasteiger partial charge in [0.15, 0.2) is 0 Å². The number of nitrogen functional groups attached to an aromatic ring is 1. The molecule has 0 bridgehead atoms. The Balaban J connectivity index is 2.30. The molecule has 2 aromatic rings. The summed E-state index contributed by atoms with van der Waals surface area (Å²) in [6, 6.07) is 7.78. The van der Waals surface area contributed by atoms with Gasteiger partial charge < -0.3 is 11.1 Å². The number of nitrogens with zero attached hydrogens (tertiary/aromatic N) is 2. The number of nitrogens with two attached hydrogens (primary N) is 1. The van der Waals surface area contributed by atoms with Crippen molar-refractivity contribution in [2.24, 2.45) is 0 Å². The Bertz CT molecular complexity index is 516. The molecule has 16 heavy (non-hydrogen) atoms. The molecule has 3 N–H and O–H groups in total. The molecule has 0 saturated heterocycles. The zero-order chi connectivity index (χ0) is 11.5. The normalized spacial score (nSPS) is 10.1. The molecule has 1 aromatic carbocycles. The highest BCUT2D eigenvalue weighted by Crippen LogP contribution is 2.24. The molecule has 1 heterocycles. The van der Waals surface area contributed by atoms with Crippen molar-refractivity contribution in [2.45, 2.75) is 0 Å². The quantitative estimate of drug-likeness (QED) is 0.877. The van der Waals surface area contributed by atoms with Crippen LogP contribution >= 0.6 is 31.9 Å². The van der Waals surface area contributed by atoms with Crippen LogP contribution in [0.2, 0.25) is 0 Å². The van der Waals surface area contributed by atoms with Crippen molar-refractivity contribution < 1.29 is 0 Å². The van der Waals surface area contributed by atoms with E-state index in [1.54, 1.807) is 6.20 Å². The van der Waals surface area contributed by atoms with Crippen LogP contribution in [0.3, 0.4) is 0 Å². The maximum absolute atomic E-state index is 5.52. The van der Waals surface area contributed by atoms with Crippen LogP contribution < -0.4 is 11.1 Å². The topological polar surface area (TPSA) is 63.8 Å². The summed E-state index contributed by atoms with van der Waals surface area (Å²) in [5, 5.41) is 3.15. The standard InChI is InChI=1S/C10H8Br2N4/c11-6-2-1-3-7(4-6)15-9-8(12)5-14-10(13)16-9/h1-5H,(H3,13,14,15,16). The Morgan fingerprint density at radius 2 is 2.06 bits per heavy atom. The van der Waals surface area contributed by atoms with Crippen molar-refractivity contribution >= 4 is 49.3 Å². The van der Waals surface area contributed by atoms with Gasteiger partial charge in [-0.2, -0.15) is 4.98 Å². The lowest BCUT2D eigenvalue weighted by Crippen LogP contribution is -2.00. The van der Waals surface area contributed by atoms with Gasteiger partial charge in [0.2, 0.25) is 5.95 Å². The number of halogens is 2. The van der Waals surface area contributed by atoms with Gasteiger partial charge in [-0.05, 0) is 34.1 Å². The van der Waals surface area contributed by atoms with E-state index < -0.39 is 0 Å². The highest BCUT2D eigenvalue weighted by molar-refractivity contribution is 9.10.